The van der Waals surface area contributed by atoms with Crippen LogP contribution in [0.3, 0.4) is 0 Å². The summed E-state index contributed by atoms with van der Waals surface area (Å²) in [5.41, 5.74) is 0.814. The van der Waals surface area contributed by atoms with E-state index in [1.807, 2.05) is 44.2 Å². The standard InChI is InChI=1S/C12H13N3O2/c1-8(2)15-11(12(16)17)13-10(14-15)9-6-4-3-5-7-9/h3-8H,1-2H3,(H,16,17). The third kappa shape index (κ3) is 2.18. The van der Waals surface area contributed by atoms with Crippen LogP contribution in [0.4, 0.5) is 0 Å². The Hall–Kier alpha value is -2.17. The van der Waals surface area contributed by atoms with E-state index in [0.29, 0.717) is 5.82 Å². The summed E-state index contributed by atoms with van der Waals surface area (Å²) in [6, 6.07) is 9.29. The van der Waals surface area contributed by atoms with Gasteiger partial charge in [-0.3, -0.25) is 0 Å². The van der Waals surface area contributed by atoms with Gasteiger partial charge in [-0.25, -0.2) is 14.5 Å². The van der Waals surface area contributed by atoms with Crippen molar-refractivity contribution in [3.05, 3.63) is 36.2 Å². The molecule has 1 N–H and O–H groups in total. The fourth-order valence-electron chi connectivity index (χ4n) is 1.54. The molecule has 5 heteroatoms. The molecule has 1 heterocycles. The summed E-state index contributed by atoms with van der Waals surface area (Å²) in [4.78, 5) is 15.1. The number of aromatic nitrogens is 3. The second-order valence-electron chi connectivity index (χ2n) is 3.97. The molecule has 0 aliphatic rings. The lowest BCUT2D eigenvalue weighted by Gasteiger charge is -2.05. The Morgan fingerprint density at radius 2 is 1.94 bits per heavy atom. The average molecular weight is 231 g/mol. The molecule has 0 spiro atoms. The van der Waals surface area contributed by atoms with Crippen molar-refractivity contribution in [3.8, 4) is 11.4 Å². The quantitative estimate of drug-likeness (QED) is 0.879. The Morgan fingerprint density at radius 3 is 2.41 bits per heavy atom. The van der Waals surface area contributed by atoms with Crippen LogP contribution in [-0.2, 0) is 0 Å². The molecule has 0 atom stereocenters. The number of aromatic carboxylic acids is 1. The lowest BCUT2D eigenvalue weighted by atomic mass is 10.2. The van der Waals surface area contributed by atoms with Crippen LogP contribution in [0.15, 0.2) is 30.3 Å². The average Bonchev–Trinajstić information content (AvgIpc) is 2.75. The molecule has 0 amide bonds. The van der Waals surface area contributed by atoms with Gasteiger partial charge in [-0.15, -0.1) is 5.10 Å². The summed E-state index contributed by atoms with van der Waals surface area (Å²) in [5.74, 6) is -0.649. The molecule has 2 rings (SSSR count). The summed E-state index contributed by atoms with van der Waals surface area (Å²) in [6.07, 6.45) is 0. The lowest BCUT2D eigenvalue weighted by Crippen LogP contribution is -2.12. The van der Waals surface area contributed by atoms with Crippen molar-refractivity contribution in [1.82, 2.24) is 14.8 Å². The summed E-state index contributed by atoms with van der Waals surface area (Å²) in [5, 5.41) is 13.3. The van der Waals surface area contributed by atoms with Crippen LogP contribution in [0.1, 0.15) is 30.5 Å². The number of rotatable bonds is 3. The number of benzene rings is 1. The monoisotopic (exact) mass is 231 g/mol. The fraction of sp³-hybridized carbons (Fsp3) is 0.250. The topological polar surface area (TPSA) is 68.0 Å². The van der Waals surface area contributed by atoms with Gasteiger partial charge in [0.15, 0.2) is 5.82 Å². The minimum absolute atomic E-state index is 0.0288. The van der Waals surface area contributed by atoms with E-state index in [1.165, 1.54) is 4.68 Å². The first kappa shape index (κ1) is 11.3. The molecule has 0 aliphatic heterocycles. The first-order valence-corrected chi connectivity index (χ1v) is 5.35. The van der Waals surface area contributed by atoms with E-state index in [2.05, 4.69) is 10.1 Å². The number of carboxylic acid groups (broad SMARTS) is 1. The molecule has 1 aromatic carbocycles. The lowest BCUT2D eigenvalue weighted by molar-refractivity contribution is 0.0674. The van der Waals surface area contributed by atoms with Gasteiger partial charge in [0.05, 0.1) is 0 Å². The van der Waals surface area contributed by atoms with Gasteiger partial charge in [0.2, 0.25) is 5.82 Å². The largest absolute Gasteiger partial charge is 0.475 e. The summed E-state index contributed by atoms with van der Waals surface area (Å²) >= 11 is 0. The number of nitrogens with zero attached hydrogens (tertiary/aromatic N) is 3. The van der Waals surface area contributed by atoms with Gasteiger partial charge in [-0.05, 0) is 13.8 Å². The first-order chi connectivity index (χ1) is 8.09. The van der Waals surface area contributed by atoms with Crippen LogP contribution in [0.2, 0.25) is 0 Å². The van der Waals surface area contributed by atoms with Gasteiger partial charge in [0.25, 0.3) is 0 Å². The van der Waals surface area contributed by atoms with Crippen molar-refractivity contribution in [2.45, 2.75) is 19.9 Å². The molecule has 88 valence electrons. The van der Waals surface area contributed by atoms with Crippen LogP contribution in [0.25, 0.3) is 11.4 Å². The summed E-state index contributed by atoms with van der Waals surface area (Å²) < 4.78 is 1.42. The van der Waals surface area contributed by atoms with E-state index in [4.69, 9.17) is 5.11 Å². The predicted octanol–water partition coefficient (Wildman–Crippen LogP) is 2.22. The van der Waals surface area contributed by atoms with Crippen molar-refractivity contribution in [2.75, 3.05) is 0 Å². The second kappa shape index (κ2) is 4.37. The van der Waals surface area contributed by atoms with Gasteiger partial charge < -0.3 is 5.11 Å². The van der Waals surface area contributed by atoms with Crippen molar-refractivity contribution in [1.29, 1.82) is 0 Å². The molecular formula is C12H13N3O2. The molecule has 0 radical (unpaired) electrons. The highest BCUT2D eigenvalue weighted by atomic mass is 16.4. The molecule has 5 nitrogen and oxygen atoms in total. The van der Waals surface area contributed by atoms with E-state index in [1.54, 1.807) is 0 Å². The Bertz CT molecular complexity index is 532. The van der Waals surface area contributed by atoms with Crippen LogP contribution >= 0.6 is 0 Å². The zero-order chi connectivity index (χ0) is 12.4. The van der Waals surface area contributed by atoms with E-state index >= 15 is 0 Å². The van der Waals surface area contributed by atoms with E-state index in [0.717, 1.165) is 5.56 Å². The SMILES string of the molecule is CC(C)n1nc(-c2ccccc2)nc1C(=O)O. The Morgan fingerprint density at radius 1 is 1.29 bits per heavy atom. The van der Waals surface area contributed by atoms with Gasteiger partial charge in [-0.2, -0.15) is 0 Å². The highest BCUT2D eigenvalue weighted by Crippen LogP contribution is 2.17. The molecule has 0 saturated carbocycles. The van der Waals surface area contributed by atoms with Gasteiger partial charge in [0.1, 0.15) is 0 Å². The van der Waals surface area contributed by atoms with Crippen molar-refractivity contribution < 1.29 is 9.90 Å². The number of hydrogen-bond acceptors (Lipinski definition) is 3. The van der Waals surface area contributed by atoms with Gasteiger partial charge in [0, 0.05) is 11.6 Å². The zero-order valence-electron chi connectivity index (χ0n) is 9.66. The van der Waals surface area contributed by atoms with Crippen LogP contribution in [-0.4, -0.2) is 25.8 Å². The minimum Gasteiger partial charge on any atom is -0.475 e. The number of hydrogen-bond donors (Lipinski definition) is 1. The molecular weight excluding hydrogens is 218 g/mol. The van der Waals surface area contributed by atoms with Crippen molar-refractivity contribution in [3.63, 3.8) is 0 Å². The fourth-order valence-corrected chi connectivity index (χ4v) is 1.54. The highest BCUT2D eigenvalue weighted by Gasteiger charge is 2.18. The molecule has 0 unspecified atom stereocenters. The number of carboxylic acids is 1. The minimum atomic E-state index is -1.06. The van der Waals surface area contributed by atoms with Crippen LogP contribution < -0.4 is 0 Å². The molecule has 0 fully saturated rings. The first-order valence-electron chi connectivity index (χ1n) is 5.35. The van der Waals surface area contributed by atoms with E-state index in [-0.39, 0.29) is 11.9 Å². The molecule has 2 aromatic rings. The predicted molar refractivity (Wildman–Crippen MR) is 62.8 cm³/mol. The van der Waals surface area contributed by atoms with Crippen LogP contribution in [0.5, 0.6) is 0 Å². The maximum Gasteiger partial charge on any atom is 0.373 e. The van der Waals surface area contributed by atoms with E-state index in [9.17, 15) is 4.79 Å². The maximum atomic E-state index is 11.0. The van der Waals surface area contributed by atoms with E-state index < -0.39 is 5.97 Å². The van der Waals surface area contributed by atoms with Crippen LogP contribution in [0, 0.1) is 0 Å². The Kier molecular flexibility index (Phi) is 2.91. The van der Waals surface area contributed by atoms with Crippen molar-refractivity contribution >= 4 is 5.97 Å². The normalized spacial score (nSPS) is 10.8. The number of carbonyl (C=O) groups is 1. The summed E-state index contributed by atoms with van der Waals surface area (Å²) in [7, 11) is 0. The molecule has 17 heavy (non-hydrogen) atoms. The molecule has 0 saturated heterocycles. The van der Waals surface area contributed by atoms with Crippen molar-refractivity contribution in [2.24, 2.45) is 0 Å². The Labute approximate surface area is 98.7 Å². The molecule has 0 aliphatic carbocycles. The Balaban J connectivity index is 2.51. The highest BCUT2D eigenvalue weighted by molar-refractivity contribution is 5.84. The zero-order valence-corrected chi connectivity index (χ0v) is 9.66. The molecule has 1 aromatic heterocycles. The third-order valence-electron chi connectivity index (χ3n) is 2.34. The van der Waals surface area contributed by atoms with Gasteiger partial charge in [-0.1, -0.05) is 30.3 Å². The second-order valence-corrected chi connectivity index (χ2v) is 3.97. The summed E-state index contributed by atoms with van der Waals surface area (Å²) in [6.45, 7) is 3.74. The van der Waals surface area contributed by atoms with Gasteiger partial charge >= 0.3 is 5.97 Å². The maximum absolute atomic E-state index is 11.0. The molecule has 0 bridgehead atoms. The third-order valence-corrected chi connectivity index (χ3v) is 2.34. The smallest absolute Gasteiger partial charge is 0.373 e.